The van der Waals surface area contributed by atoms with E-state index in [1.165, 1.54) is 6.92 Å². The molecule has 26 heavy (non-hydrogen) atoms. The quantitative estimate of drug-likeness (QED) is 0.741. The topological polar surface area (TPSA) is 87.3 Å². The van der Waals surface area contributed by atoms with Crippen molar-refractivity contribution in [1.82, 2.24) is 10.9 Å². The first-order valence-corrected chi connectivity index (χ1v) is 8.26. The normalized spacial score (nSPS) is 10.8. The van der Waals surface area contributed by atoms with E-state index in [4.69, 9.17) is 0 Å². The molecular formula is C20H23N3O3. The lowest BCUT2D eigenvalue weighted by atomic mass is 9.87. The molecule has 136 valence electrons. The van der Waals surface area contributed by atoms with E-state index in [1.54, 1.807) is 36.4 Å². The Kier molecular flexibility index (Phi) is 5.77. The van der Waals surface area contributed by atoms with Crippen molar-refractivity contribution in [2.24, 2.45) is 0 Å². The van der Waals surface area contributed by atoms with Gasteiger partial charge in [-0.15, -0.1) is 0 Å². The lowest BCUT2D eigenvalue weighted by molar-refractivity contribution is -0.114. The van der Waals surface area contributed by atoms with Crippen LogP contribution in [0.15, 0.2) is 48.5 Å². The minimum atomic E-state index is -0.445. The zero-order valence-electron chi connectivity index (χ0n) is 15.3. The summed E-state index contributed by atoms with van der Waals surface area (Å²) in [5, 5.41) is 2.62. The summed E-state index contributed by atoms with van der Waals surface area (Å²) in [6.45, 7) is 7.70. The van der Waals surface area contributed by atoms with Gasteiger partial charge in [0.05, 0.1) is 0 Å². The lowest BCUT2D eigenvalue weighted by Gasteiger charge is -2.19. The highest BCUT2D eigenvalue weighted by atomic mass is 16.2. The maximum absolute atomic E-state index is 12.1. The Bertz CT molecular complexity index is 804. The van der Waals surface area contributed by atoms with Crippen molar-refractivity contribution < 1.29 is 14.4 Å². The number of benzene rings is 2. The molecule has 0 aromatic heterocycles. The fourth-order valence-corrected chi connectivity index (χ4v) is 2.29. The minimum Gasteiger partial charge on any atom is -0.326 e. The molecule has 2 rings (SSSR count). The number of carbonyl (C=O) groups excluding carboxylic acids is 3. The van der Waals surface area contributed by atoms with Crippen molar-refractivity contribution >= 4 is 23.4 Å². The second-order valence-corrected chi connectivity index (χ2v) is 6.99. The van der Waals surface area contributed by atoms with Gasteiger partial charge in [0.15, 0.2) is 0 Å². The minimum absolute atomic E-state index is 0.00658. The van der Waals surface area contributed by atoms with Crippen molar-refractivity contribution in [3.63, 3.8) is 0 Å². The van der Waals surface area contributed by atoms with E-state index in [9.17, 15) is 14.4 Å². The number of amides is 3. The van der Waals surface area contributed by atoms with Crippen LogP contribution in [0.25, 0.3) is 0 Å². The van der Waals surface area contributed by atoms with Gasteiger partial charge in [0.25, 0.3) is 11.8 Å². The van der Waals surface area contributed by atoms with E-state index >= 15 is 0 Å². The molecule has 6 nitrogen and oxygen atoms in total. The van der Waals surface area contributed by atoms with Crippen LogP contribution in [-0.2, 0) is 10.2 Å². The Morgan fingerprint density at radius 1 is 0.731 bits per heavy atom. The van der Waals surface area contributed by atoms with Crippen molar-refractivity contribution in [3.05, 3.63) is 65.2 Å². The van der Waals surface area contributed by atoms with Crippen LogP contribution in [0.3, 0.4) is 0 Å². The van der Waals surface area contributed by atoms with Crippen LogP contribution in [0.2, 0.25) is 0 Å². The predicted molar refractivity (Wildman–Crippen MR) is 101 cm³/mol. The maximum Gasteiger partial charge on any atom is 0.269 e. The van der Waals surface area contributed by atoms with Crippen LogP contribution in [0.1, 0.15) is 54.0 Å². The summed E-state index contributed by atoms with van der Waals surface area (Å²) in [6.07, 6.45) is 0. The van der Waals surface area contributed by atoms with Gasteiger partial charge in [-0.2, -0.15) is 0 Å². The molecule has 6 heteroatoms. The Balaban J connectivity index is 1.94. The van der Waals surface area contributed by atoms with Gasteiger partial charge in [-0.05, 0) is 47.4 Å². The molecule has 0 saturated carbocycles. The molecule has 0 radical (unpaired) electrons. The van der Waals surface area contributed by atoms with E-state index < -0.39 is 11.8 Å². The lowest BCUT2D eigenvalue weighted by Crippen LogP contribution is -2.41. The van der Waals surface area contributed by atoms with Gasteiger partial charge >= 0.3 is 0 Å². The number of anilines is 1. The van der Waals surface area contributed by atoms with Crippen LogP contribution in [0.4, 0.5) is 5.69 Å². The smallest absolute Gasteiger partial charge is 0.269 e. The van der Waals surface area contributed by atoms with Crippen molar-refractivity contribution in [1.29, 1.82) is 0 Å². The zero-order valence-corrected chi connectivity index (χ0v) is 15.3. The van der Waals surface area contributed by atoms with Gasteiger partial charge in [0, 0.05) is 23.7 Å². The van der Waals surface area contributed by atoms with Crippen LogP contribution in [0, 0.1) is 0 Å². The summed E-state index contributed by atoms with van der Waals surface area (Å²) < 4.78 is 0. The monoisotopic (exact) mass is 353 g/mol. The second kappa shape index (κ2) is 7.82. The van der Waals surface area contributed by atoms with E-state index in [0.29, 0.717) is 16.8 Å². The molecule has 0 aliphatic carbocycles. The van der Waals surface area contributed by atoms with Crippen LogP contribution >= 0.6 is 0 Å². The van der Waals surface area contributed by atoms with Gasteiger partial charge < -0.3 is 5.32 Å². The third-order valence-electron chi connectivity index (χ3n) is 3.77. The molecule has 0 aliphatic heterocycles. The molecule has 0 unspecified atom stereocenters. The first-order valence-electron chi connectivity index (χ1n) is 8.26. The van der Waals surface area contributed by atoms with E-state index in [1.807, 2.05) is 12.1 Å². The molecule has 2 aromatic rings. The van der Waals surface area contributed by atoms with Crippen LogP contribution in [0.5, 0.6) is 0 Å². The molecule has 0 spiro atoms. The number of hydrogen-bond donors (Lipinski definition) is 3. The largest absolute Gasteiger partial charge is 0.326 e. The molecule has 3 N–H and O–H groups in total. The molecule has 0 fully saturated rings. The molecule has 2 aromatic carbocycles. The summed E-state index contributed by atoms with van der Waals surface area (Å²) >= 11 is 0. The van der Waals surface area contributed by atoms with Gasteiger partial charge in [0.1, 0.15) is 0 Å². The fraction of sp³-hybridized carbons (Fsp3) is 0.250. The Morgan fingerprint density at radius 3 is 1.54 bits per heavy atom. The van der Waals surface area contributed by atoms with Gasteiger partial charge in [-0.1, -0.05) is 32.9 Å². The highest BCUT2D eigenvalue weighted by Gasteiger charge is 2.14. The summed E-state index contributed by atoms with van der Waals surface area (Å²) in [5.41, 5.74) is 7.32. The SMILES string of the molecule is CC(=O)Nc1ccc(C(=O)NNC(=O)c2ccc(C(C)(C)C)cc2)cc1. The van der Waals surface area contributed by atoms with E-state index in [-0.39, 0.29) is 11.3 Å². The Morgan fingerprint density at radius 2 is 1.15 bits per heavy atom. The summed E-state index contributed by atoms with van der Waals surface area (Å²) in [7, 11) is 0. The molecule has 0 aliphatic rings. The summed E-state index contributed by atoms with van der Waals surface area (Å²) in [6, 6.07) is 13.6. The highest BCUT2D eigenvalue weighted by molar-refractivity contribution is 5.99. The predicted octanol–water partition coefficient (Wildman–Crippen LogP) is 3.02. The van der Waals surface area contributed by atoms with Gasteiger partial charge in [-0.3, -0.25) is 25.2 Å². The molecule has 0 heterocycles. The molecule has 0 saturated heterocycles. The summed E-state index contributed by atoms with van der Waals surface area (Å²) in [5.74, 6) is -1.03. The van der Waals surface area contributed by atoms with Crippen LogP contribution in [-0.4, -0.2) is 17.7 Å². The first-order chi connectivity index (χ1) is 12.2. The molecule has 3 amide bonds. The number of rotatable bonds is 3. The van der Waals surface area contributed by atoms with E-state index in [2.05, 4.69) is 36.9 Å². The third kappa shape index (κ3) is 5.17. The molecule has 0 bridgehead atoms. The van der Waals surface area contributed by atoms with Crippen molar-refractivity contribution in [3.8, 4) is 0 Å². The van der Waals surface area contributed by atoms with Crippen LogP contribution < -0.4 is 16.2 Å². The van der Waals surface area contributed by atoms with Gasteiger partial charge in [-0.25, -0.2) is 0 Å². The first kappa shape index (κ1) is 19.2. The zero-order chi connectivity index (χ0) is 19.3. The third-order valence-corrected chi connectivity index (χ3v) is 3.77. The number of nitrogens with one attached hydrogen (secondary N) is 3. The number of carbonyl (C=O) groups is 3. The van der Waals surface area contributed by atoms with E-state index in [0.717, 1.165) is 5.56 Å². The van der Waals surface area contributed by atoms with Crippen molar-refractivity contribution in [2.45, 2.75) is 33.1 Å². The number of hydrogen-bond acceptors (Lipinski definition) is 3. The Hall–Kier alpha value is -3.15. The van der Waals surface area contributed by atoms with Crippen molar-refractivity contribution in [2.75, 3.05) is 5.32 Å². The number of hydrazine groups is 1. The average Bonchev–Trinajstić information content (AvgIpc) is 2.59. The molecular weight excluding hydrogens is 330 g/mol. The fourth-order valence-electron chi connectivity index (χ4n) is 2.29. The second-order valence-electron chi connectivity index (χ2n) is 6.99. The standard InChI is InChI=1S/C20H23N3O3/c1-13(24)21-17-11-7-15(8-12-17)19(26)23-22-18(25)14-5-9-16(10-6-14)20(2,3)4/h5-12H,1-4H3,(H,21,24)(H,22,25)(H,23,26). The Labute approximate surface area is 153 Å². The average molecular weight is 353 g/mol. The molecule has 0 atom stereocenters. The van der Waals surface area contributed by atoms with Gasteiger partial charge in [0.2, 0.25) is 5.91 Å². The highest BCUT2D eigenvalue weighted by Crippen LogP contribution is 2.22. The summed E-state index contributed by atoms with van der Waals surface area (Å²) in [4.78, 5) is 35.2. The maximum atomic E-state index is 12.1.